The summed E-state index contributed by atoms with van der Waals surface area (Å²) in [4.78, 5) is 0. The maximum Gasteiger partial charge on any atom is 0.0734 e. The van der Waals surface area contributed by atoms with E-state index >= 15 is 0 Å². The zero-order chi connectivity index (χ0) is 5.28. The molecule has 1 nitrogen and oxygen atoms in total. The molecule has 0 saturated heterocycles. The first kappa shape index (κ1) is 5.56. The third-order valence-corrected chi connectivity index (χ3v) is 1.95. The third kappa shape index (κ3) is 1.42. The third-order valence-electron chi connectivity index (χ3n) is 1.05. The Bertz CT molecular complexity index is 98.3. The summed E-state index contributed by atoms with van der Waals surface area (Å²) >= 11 is 2.25. The maximum absolute atomic E-state index is 8.82. The summed E-state index contributed by atoms with van der Waals surface area (Å²) < 4.78 is 1.30. The molecule has 0 aromatic rings. The fourth-order valence-corrected chi connectivity index (χ4v) is 1.39. The van der Waals surface area contributed by atoms with Crippen molar-refractivity contribution in [1.29, 1.82) is 0 Å². The van der Waals surface area contributed by atoms with Crippen LogP contribution < -0.4 is 0 Å². The van der Waals surface area contributed by atoms with Gasteiger partial charge in [-0.2, -0.15) is 0 Å². The van der Waals surface area contributed by atoms with Crippen LogP contribution in [0.3, 0.4) is 0 Å². The van der Waals surface area contributed by atoms with Crippen LogP contribution in [0.4, 0.5) is 0 Å². The Kier molecular flexibility index (Phi) is 1.69. The zero-order valence-corrected chi connectivity index (χ0v) is 6.05. The zero-order valence-electron chi connectivity index (χ0n) is 3.89. The molecule has 0 heterocycles. The normalized spacial score (nSPS) is 30.6. The maximum atomic E-state index is 8.82. The monoisotopic (exact) mass is 210 g/mol. The molecule has 0 unspecified atom stereocenters. The van der Waals surface area contributed by atoms with E-state index in [1.807, 2.05) is 6.08 Å². The summed E-state index contributed by atoms with van der Waals surface area (Å²) in [5.41, 5.74) is 0. The van der Waals surface area contributed by atoms with Gasteiger partial charge in [-0.05, 0) is 45.1 Å². The van der Waals surface area contributed by atoms with Gasteiger partial charge in [0.1, 0.15) is 0 Å². The summed E-state index contributed by atoms with van der Waals surface area (Å²) in [5, 5.41) is 8.82. The highest BCUT2D eigenvalue weighted by molar-refractivity contribution is 14.1. The van der Waals surface area contributed by atoms with Crippen LogP contribution in [0.5, 0.6) is 0 Å². The minimum atomic E-state index is -0.146. The summed E-state index contributed by atoms with van der Waals surface area (Å²) in [5.74, 6) is 0. The van der Waals surface area contributed by atoms with Gasteiger partial charge in [0.15, 0.2) is 0 Å². The van der Waals surface area contributed by atoms with Crippen molar-refractivity contribution >= 4 is 22.6 Å². The van der Waals surface area contributed by atoms with Crippen molar-refractivity contribution in [3.8, 4) is 0 Å². The van der Waals surface area contributed by atoms with E-state index in [9.17, 15) is 0 Å². The molecule has 0 amide bonds. The highest BCUT2D eigenvalue weighted by atomic mass is 127. The standard InChI is InChI=1S/C5H7IO/c6-4-1-2-5(7)3-4/h3,5,7H,1-2H2/t5-/m0/s1. The van der Waals surface area contributed by atoms with Gasteiger partial charge >= 0.3 is 0 Å². The van der Waals surface area contributed by atoms with Gasteiger partial charge in [0, 0.05) is 0 Å². The SMILES string of the molecule is O[C@@H]1C=C(I)CC1. The Balaban J connectivity index is 2.50. The number of hydrogen-bond acceptors (Lipinski definition) is 1. The first-order valence-corrected chi connectivity index (χ1v) is 3.41. The van der Waals surface area contributed by atoms with Crippen LogP contribution in [-0.2, 0) is 0 Å². The van der Waals surface area contributed by atoms with Gasteiger partial charge < -0.3 is 5.11 Å². The molecule has 40 valence electrons. The van der Waals surface area contributed by atoms with Crippen molar-refractivity contribution in [3.63, 3.8) is 0 Å². The van der Waals surface area contributed by atoms with Crippen LogP contribution in [0.2, 0.25) is 0 Å². The minimum absolute atomic E-state index is 0.146. The predicted octanol–water partition coefficient (Wildman–Crippen LogP) is 1.46. The fraction of sp³-hybridized carbons (Fsp3) is 0.600. The van der Waals surface area contributed by atoms with Crippen molar-refractivity contribution < 1.29 is 5.11 Å². The smallest absolute Gasteiger partial charge is 0.0734 e. The molecule has 0 aromatic heterocycles. The Morgan fingerprint density at radius 3 is 2.71 bits per heavy atom. The Morgan fingerprint density at radius 1 is 1.86 bits per heavy atom. The van der Waals surface area contributed by atoms with Crippen LogP contribution in [0.15, 0.2) is 9.66 Å². The number of aliphatic hydroxyl groups is 1. The summed E-state index contributed by atoms with van der Waals surface area (Å²) in [6.07, 6.45) is 3.76. The van der Waals surface area contributed by atoms with E-state index in [0.29, 0.717) is 0 Å². The van der Waals surface area contributed by atoms with Crippen LogP contribution >= 0.6 is 22.6 Å². The van der Waals surface area contributed by atoms with E-state index in [-0.39, 0.29) is 6.10 Å². The van der Waals surface area contributed by atoms with E-state index in [2.05, 4.69) is 22.6 Å². The molecule has 1 atom stereocenters. The average Bonchev–Trinajstić information content (AvgIpc) is 1.87. The van der Waals surface area contributed by atoms with Crippen LogP contribution in [-0.4, -0.2) is 11.2 Å². The van der Waals surface area contributed by atoms with Gasteiger partial charge in [-0.1, -0.05) is 0 Å². The van der Waals surface area contributed by atoms with Crippen molar-refractivity contribution in [2.45, 2.75) is 18.9 Å². The van der Waals surface area contributed by atoms with Gasteiger partial charge in [-0.25, -0.2) is 0 Å². The summed E-state index contributed by atoms with van der Waals surface area (Å²) in [6, 6.07) is 0. The fourth-order valence-electron chi connectivity index (χ4n) is 0.661. The molecule has 0 aliphatic heterocycles. The molecule has 0 spiro atoms. The first-order valence-electron chi connectivity index (χ1n) is 2.33. The molecular weight excluding hydrogens is 203 g/mol. The van der Waals surface area contributed by atoms with E-state index in [0.717, 1.165) is 12.8 Å². The molecule has 0 radical (unpaired) electrons. The van der Waals surface area contributed by atoms with E-state index < -0.39 is 0 Å². The molecule has 0 saturated carbocycles. The Labute approximate surface area is 56.6 Å². The Morgan fingerprint density at radius 2 is 2.57 bits per heavy atom. The topological polar surface area (TPSA) is 20.2 Å². The lowest BCUT2D eigenvalue weighted by Gasteiger charge is -1.89. The van der Waals surface area contributed by atoms with Gasteiger partial charge in [0.2, 0.25) is 0 Å². The predicted molar refractivity (Wildman–Crippen MR) is 37.3 cm³/mol. The van der Waals surface area contributed by atoms with Crippen molar-refractivity contribution in [1.82, 2.24) is 0 Å². The number of rotatable bonds is 0. The van der Waals surface area contributed by atoms with E-state index in [4.69, 9.17) is 5.11 Å². The number of hydrogen-bond donors (Lipinski definition) is 1. The van der Waals surface area contributed by atoms with Crippen molar-refractivity contribution in [2.75, 3.05) is 0 Å². The molecule has 1 aliphatic carbocycles. The summed E-state index contributed by atoms with van der Waals surface area (Å²) in [6.45, 7) is 0. The number of allylic oxidation sites excluding steroid dienone is 1. The second kappa shape index (κ2) is 2.13. The highest BCUT2D eigenvalue weighted by Crippen LogP contribution is 2.23. The average molecular weight is 210 g/mol. The second-order valence-electron chi connectivity index (χ2n) is 1.72. The van der Waals surface area contributed by atoms with Crippen molar-refractivity contribution in [2.24, 2.45) is 0 Å². The lowest BCUT2D eigenvalue weighted by Crippen LogP contribution is -1.93. The molecule has 1 rings (SSSR count). The molecule has 1 aliphatic rings. The largest absolute Gasteiger partial charge is 0.389 e. The second-order valence-corrected chi connectivity index (χ2v) is 3.11. The highest BCUT2D eigenvalue weighted by Gasteiger charge is 2.08. The Hall–Kier alpha value is 0.430. The van der Waals surface area contributed by atoms with Crippen LogP contribution in [0.25, 0.3) is 0 Å². The molecule has 0 bridgehead atoms. The first-order chi connectivity index (χ1) is 3.29. The van der Waals surface area contributed by atoms with Gasteiger partial charge in [0.25, 0.3) is 0 Å². The van der Waals surface area contributed by atoms with E-state index in [1.165, 1.54) is 3.58 Å². The van der Waals surface area contributed by atoms with Gasteiger partial charge in [-0.15, -0.1) is 0 Å². The van der Waals surface area contributed by atoms with Gasteiger partial charge in [0.05, 0.1) is 6.10 Å². The van der Waals surface area contributed by atoms with Crippen LogP contribution in [0.1, 0.15) is 12.8 Å². The minimum Gasteiger partial charge on any atom is -0.389 e. The van der Waals surface area contributed by atoms with Gasteiger partial charge in [-0.3, -0.25) is 0 Å². The lowest BCUT2D eigenvalue weighted by molar-refractivity contribution is 0.223. The molecule has 7 heavy (non-hydrogen) atoms. The molecule has 1 N–H and O–H groups in total. The van der Waals surface area contributed by atoms with Crippen LogP contribution in [0, 0.1) is 0 Å². The quantitative estimate of drug-likeness (QED) is 0.600. The molecule has 0 aromatic carbocycles. The molecular formula is C5H7IO. The lowest BCUT2D eigenvalue weighted by atomic mass is 10.3. The van der Waals surface area contributed by atoms with Crippen molar-refractivity contribution in [3.05, 3.63) is 9.66 Å². The molecule has 0 fully saturated rings. The summed E-state index contributed by atoms with van der Waals surface area (Å²) in [7, 11) is 0. The van der Waals surface area contributed by atoms with E-state index in [1.54, 1.807) is 0 Å². The molecule has 2 heteroatoms. The number of halogens is 1. The number of aliphatic hydroxyl groups excluding tert-OH is 1.